The predicted molar refractivity (Wildman–Crippen MR) is 99.7 cm³/mol. The molecule has 3 N–H and O–H groups in total. The molecule has 3 rings (SSSR count). The summed E-state index contributed by atoms with van der Waals surface area (Å²) in [6.07, 6.45) is 0.521. The highest BCUT2D eigenvalue weighted by molar-refractivity contribution is 6.27. The van der Waals surface area contributed by atoms with E-state index in [2.05, 4.69) is 22.3 Å². The third-order valence-electron chi connectivity index (χ3n) is 3.97. The first-order chi connectivity index (χ1) is 13.0. The average Bonchev–Trinajstić information content (AvgIpc) is 2.67. The van der Waals surface area contributed by atoms with Gasteiger partial charge in [0.2, 0.25) is 5.91 Å². The number of anilines is 1. The summed E-state index contributed by atoms with van der Waals surface area (Å²) in [6.45, 7) is 4.17. The monoisotopic (exact) mass is 374 g/mol. The Bertz CT molecular complexity index is 790. The van der Waals surface area contributed by atoms with Gasteiger partial charge in [0.1, 0.15) is 0 Å². The van der Waals surface area contributed by atoms with Crippen LogP contribution in [0.5, 0.6) is 0 Å². The van der Waals surface area contributed by atoms with Gasteiger partial charge in [0.05, 0.1) is 13.2 Å². The highest BCUT2D eigenvalue weighted by Gasteiger charge is 2.12. The van der Waals surface area contributed by atoms with Gasteiger partial charge in [-0.1, -0.05) is 30.3 Å². The van der Waals surface area contributed by atoms with E-state index in [1.165, 1.54) is 5.39 Å². The normalized spacial score (nSPS) is 14.1. The van der Waals surface area contributed by atoms with Crippen LogP contribution in [-0.4, -0.2) is 65.8 Å². The molecule has 2 aromatic carbocycles. The van der Waals surface area contributed by atoms with Crippen molar-refractivity contribution in [2.24, 2.45) is 0 Å². The molecule has 1 heterocycles. The van der Waals surface area contributed by atoms with Crippen molar-refractivity contribution in [1.29, 1.82) is 0 Å². The first-order valence-electron chi connectivity index (χ1n) is 8.50. The van der Waals surface area contributed by atoms with Gasteiger partial charge in [0.15, 0.2) is 0 Å². The second kappa shape index (κ2) is 10.2. The van der Waals surface area contributed by atoms with Gasteiger partial charge < -0.3 is 20.3 Å². The molecule has 0 unspecified atom stereocenters. The first-order valence-corrected chi connectivity index (χ1v) is 8.50. The molecule has 144 valence electrons. The number of benzene rings is 2. The minimum atomic E-state index is -1.82. The number of carboxylic acid groups (broad SMARTS) is 2. The zero-order valence-electron chi connectivity index (χ0n) is 14.8. The molecule has 0 aliphatic carbocycles. The smallest absolute Gasteiger partial charge is 0.414 e. The molecule has 0 atom stereocenters. The van der Waals surface area contributed by atoms with Crippen molar-refractivity contribution in [2.75, 3.05) is 38.2 Å². The maximum absolute atomic E-state index is 12.0. The molecule has 0 saturated carbocycles. The highest BCUT2D eigenvalue weighted by atomic mass is 16.5. The fourth-order valence-electron chi connectivity index (χ4n) is 2.57. The Morgan fingerprint density at radius 2 is 1.59 bits per heavy atom. The van der Waals surface area contributed by atoms with E-state index in [0.717, 1.165) is 43.9 Å². The van der Waals surface area contributed by atoms with Gasteiger partial charge in [-0.3, -0.25) is 9.69 Å². The second-order valence-electron chi connectivity index (χ2n) is 5.92. The van der Waals surface area contributed by atoms with E-state index in [0.29, 0.717) is 6.42 Å². The van der Waals surface area contributed by atoms with E-state index >= 15 is 0 Å². The van der Waals surface area contributed by atoms with Gasteiger partial charge in [-0.25, -0.2) is 9.59 Å². The number of nitrogens with one attached hydrogen (secondary N) is 1. The molecule has 0 aromatic heterocycles. The van der Waals surface area contributed by atoms with Crippen LogP contribution in [0, 0.1) is 0 Å². The van der Waals surface area contributed by atoms with Gasteiger partial charge in [-0.2, -0.15) is 0 Å². The standard InChI is InChI=1S/C17H20N2O2.C2H2O4/c20-17(7-8-19-9-11-21-12-10-19)18-16-6-5-14-3-1-2-4-15(14)13-16;3-1(4)2(5)6/h1-6,13H,7-12H2,(H,18,20);(H,3,4)(H,5,6). The van der Waals surface area contributed by atoms with Crippen molar-refractivity contribution in [3.8, 4) is 0 Å². The van der Waals surface area contributed by atoms with Gasteiger partial charge in [0, 0.05) is 31.7 Å². The number of hydrogen-bond donors (Lipinski definition) is 3. The van der Waals surface area contributed by atoms with Crippen molar-refractivity contribution in [1.82, 2.24) is 4.90 Å². The molecule has 1 saturated heterocycles. The number of fused-ring (bicyclic) bond motifs is 1. The van der Waals surface area contributed by atoms with E-state index in [1.54, 1.807) is 0 Å². The Balaban J connectivity index is 0.000000380. The molecule has 1 aliphatic rings. The molecule has 8 nitrogen and oxygen atoms in total. The number of morpholine rings is 1. The van der Waals surface area contributed by atoms with E-state index in [-0.39, 0.29) is 5.91 Å². The van der Waals surface area contributed by atoms with Crippen LogP contribution in [0.25, 0.3) is 10.8 Å². The number of ether oxygens (including phenoxy) is 1. The third-order valence-corrected chi connectivity index (χ3v) is 3.97. The summed E-state index contributed by atoms with van der Waals surface area (Å²) in [5.41, 5.74) is 0.862. The molecule has 2 aromatic rings. The lowest BCUT2D eigenvalue weighted by molar-refractivity contribution is -0.159. The number of carboxylic acids is 2. The first kappa shape index (κ1) is 20.3. The Hall–Kier alpha value is -2.97. The minimum Gasteiger partial charge on any atom is -0.473 e. The van der Waals surface area contributed by atoms with Gasteiger partial charge in [0.25, 0.3) is 0 Å². The van der Waals surface area contributed by atoms with Crippen LogP contribution in [0.1, 0.15) is 6.42 Å². The topological polar surface area (TPSA) is 116 Å². The molecule has 1 amide bonds. The molecule has 27 heavy (non-hydrogen) atoms. The van der Waals surface area contributed by atoms with Crippen molar-refractivity contribution in [2.45, 2.75) is 6.42 Å². The van der Waals surface area contributed by atoms with E-state index in [1.807, 2.05) is 30.3 Å². The number of carbonyl (C=O) groups excluding carboxylic acids is 1. The maximum Gasteiger partial charge on any atom is 0.414 e. The summed E-state index contributed by atoms with van der Waals surface area (Å²) in [6, 6.07) is 14.2. The Morgan fingerprint density at radius 1 is 0.963 bits per heavy atom. The van der Waals surface area contributed by atoms with Crippen LogP contribution in [0.15, 0.2) is 42.5 Å². The van der Waals surface area contributed by atoms with Crippen LogP contribution in [-0.2, 0) is 19.1 Å². The van der Waals surface area contributed by atoms with Crippen molar-refractivity contribution in [3.63, 3.8) is 0 Å². The molecule has 1 aliphatic heterocycles. The highest BCUT2D eigenvalue weighted by Crippen LogP contribution is 2.18. The number of amides is 1. The quantitative estimate of drug-likeness (QED) is 0.697. The fraction of sp³-hybridized carbons (Fsp3) is 0.316. The summed E-state index contributed by atoms with van der Waals surface area (Å²) in [4.78, 5) is 32.5. The number of carbonyl (C=O) groups is 3. The fourth-order valence-corrected chi connectivity index (χ4v) is 2.57. The number of aliphatic carboxylic acids is 2. The summed E-state index contributed by atoms with van der Waals surface area (Å²) in [5.74, 6) is -3.58. The zero-order valence-corrected chi connectivity index (χ0v) is 14.8. The minimum absolute atomic E-state index is 0.0665. The van der Waals surface area contributed by atoms with Crippen LogP contribution >= 0.6 is 0 Å². The number of hydrogen-bond acceptors (Lipinski definition) is 5. The summed E-state index contributed by atoms with van der Waals surface area (Å²) >= 11 is 0. The lowest BCUT2D eigenvalue weighted by Gasteiger charge is -2.26. The molecule has 1 fully saturated rings. The lowest BCUT2D eigenvalue weighted by atomic mass is 10.1. The van der Waals surface area contributed by atoms with E-state index in [9.17, 15) is 4.79 Å². The summed E-state index contributed by atoms with van der Waals surface area (Å²) in [7, 11) is 0. The molecule has 0 radical (unpaired) electrons. The molecule has 8 heteroatoms. The van der Waals surface area contributed by atoms with Crippen LogP contribution in [0.4, 0.5) is 5.69 Å². The SMILES string of the molecule is O=C(CCN1CCOCC1)Nc1ccc2ccccc2c1.O=C(O)C(=O)O. The van der Waals surface area contributed by atoms with Gasteiger partial charge in [-0.05, 0) is 22.9 Å². The van der Waals surface area contributed by atoms with E-state index < -0.39 is 11.9 Å². The van der Waals surface area contributed by atoms with Crippen LogP contribution in [0.2, 0.25) is 0 Å². The zero-order chi connectivity index (χ0) is 19.6. The van der Waals surface area contributed by atoms with Crippen LogP contribution in [0.3, 0.4) is 0 Å². The average molecular weight is 374 g/mol. The Labute approximate surface area is 156 Å². The van der Waals surface area contributed by atoms with Gasteiger partial charge >= 0.3 is 11.9 Å². The third kappa shape index (κ3) is 7.04. The molecule has 0 spiro atoms. The Kier molecular flexibility index (Phi) is 7.72. The summed E-state index contributed by atoms with van der Waals surface area (Å²) < 4.78 is 5.30. The second-order valence-corrected chi connectivity index (χ2v) is 5.92. The van der Waals surface area contributed by atoms with Gasteiger partial charge in [-0.15, -0.1) is 0 Å². The van der Waals surface area contributed by atoms with Crippen molar-refractivity contribution in [3.05, 3.63) is 42.5 Å². The largest absolute Gasteiger partial charge is 0.473 e. The molecular weight excluding hydrogens is 352 g/mol. The predicted octanol–water partition coefficient (Wildman–Crippen LogP) is 1.66. The number of rotatable bonds is 4. The van der Waals surface area contributed by atoms with E-state index in [4.69, 9.17) is 24.5 Å². The van der Waals surface area contributed by atoms with Crippen LogP contribution < -0.4 is 5.32 Å². The number of nitrogens with zero attached hydrogens (tertiary/aromatic N) is 1. The lowest BCUT2D eigenvalue weighted by Crippen LogP contribution is -2.38. The van der Waals surface area contributed by atoms with Crippen molar-refractivity contribution >= 4 is 34.3 Å². The Morgan fingerprint density at radius 3 is 2.22 bits per heavy atom. The molecular formula is C19H22N2O6. The van der Waals surface area contributed by atoms with Crippen molar-refractivity contribution < 1.29 is 29.3 Å². The maximum atomic E-state index is 12.0. The molecule has 0 bridgehead atoms. The summed E-state index contributed by atoms with van der Waals surface area (Å²) in [5, 5.41) is 20.1.